The molecule has 4 rings (SSSR count). The zero-order valence-corrected chi connectivity index (χ0v) is 24.6. The average Bonchev–Trinajstić information content (AvgIpc) is 3.17. The Hall–Kier alpha value is -1.90. The van der Waals surface area contributed by atoms with E-state index in [0.717, 1.165) is 56.1 Å². The van der Waals surface area contributed by atoms with Crippen molar-refractivity contribution in [2.45, 2.75) is 148 Å². The third-order valence-corrected chi connectivity index (χ3v) is 9.79. The Morgan fingerprint density at radius 1 is 1.03 bits per heavy atom. The fourth-order valence-electron chi connectivity index (χ4n) is 7.34. The first-order valence-electron chi connectivity index (χ1n) is 18.1. The molecule has 216 valence electrons. The van der Waals surface area contributed by atoms with Crippen LogP contribution in [0.15, 0.2) is 30.3 Å². The summed E-state index contributed by atoms with van der Waals surface area (Å²) in [6.07, 6.45) is 21.9. The molecular formula is C36H54O3. The standard InChI is InChI=1S/C36H54O3/c1-3-4-5-6-7-8-9-10-11-12-13-14-15-16-17-18-35(38)39-29-20-22-30-28(27-29)19-21-32-31(30)25-26-36(2)33(32)23-24-34(36)37/h10-11,20,22,27,31-33H,3-9,12-19,21,23-26H2,1-2H3/b11-10+/i20D,24D2,27D. The predicted octanol–water partition coefficient (Wildman–Crippen LogP) is 10.1. The van der Waals surface area contributed by atoms with Gasteiger partial charge in [0.25, 0.3) is 0 Å². The van der Waals surface area contributed by atoms with Crippen LogP contribution in [0, 0.1) is 17.3 Å². The third kappa shape index (κ3) is 8.08. The van der Waals surface area contributed by atoms with Crippen LogP contribution in [0.4, 0.5) is 0 Å². The zero-order chi connectivity index (χ0) is 31.0. The van der Waals surface area contributed by atoms with Crippen molar-refractivity contribution in [3.05, 3.63) is 41.4 Å². The summed E-state index contributed by atoms with van der Waals surface area (Å²) in [5, 5.41) is 0. The Labute approximate surface area is 244 Å². The number of esters is 1. The van der Waals surface area contributed by atoms with Crippen LogP contribution < -0.4 is 4.74 Å². The topological polar surface area (TPSA) is 43.4 Å². The summed E-state index contributed by atoms with van der Waals surface area (Å²) in [7, 11) is 0. The number of benzene rings is 1. The fraction of sp³-hybridized carbons (Fsp3) is 0.722. The smallest absolute Gasteiger partial charge is 0.311 e. The molecule has 3 aliphatic carbocycles. The Bertz CT molecular complexity index is 1150. The number of Topliss-reactive ketones (excluding diaryl/α,β-unsaturated/α-hetero) is 1. The second-order valence-corrected chi connectivity index (χ2v) is 12.6. The van der Waals surface area contributed by atoms with E-state index in [1.807, 2.05) is 6.92 Å². The lowest BCUT2D eigenvalue weighted by Gasteiger charge is -2.48. The van der Waals surface area contributed by atoms with E-state index < -0.39 is 11.8 Å². The van der Waals surface area contributed by atoms with Gasteiger partial charge in [0.15, 0.2) is 0 Å². The number of carbonyl (C=O) groups is 2. The lowest BCUT2D eigenvalue weighted by Crippen LogP contribution is -2.42. The number of fused-ring (bicyclic) bond motifs is 5. The molecule has 0 radical (unpaired) electrons. The molecule has 0 N–H and O–H groups in total. The highest BCUT2D eigenvalue weighted by atomic mass is 16.5. The first-order valence-corrected chi connectivity index (χ1v) is 16.1. The van der Waals surface area contributed by atoms with Gasteiger partial charge in [-0.15, -0.1) is 0 Å². The van der Waals surface area contributed by atoms with Crippen LogP contribution in [0.5, 0.6) is 5.75 Å². The van der Waals surface area contributed by atoms with Gasteiger partial charge < -0.3 is 4.74 Å². The van der Waals surface area contributed by atoms with Gasteiger partial charge in [0, 0.05) is 21.0 Å². The van der Waals surface area contributed by atoms with E-state index in [4.69, 9.17) is 10.2 Å². The normalized spacial score (nSPS) is 28.7. The number of carbonyl (C=O) groups excluding carboxylic acids is 2. The summed E-state index contributed by atoms with van der Waals surface area (Å²) < 4.78 is 39.6. The number of hydrogen-bond acceptors (Lipinski definition) is 3. The van der Waals surface area contributed by atoms with Gasteiger partial charge in [0.2, 0.25) is 0 Å². The second-order valence-electron chi connectivity index (χ2n) is 12.6. The number of ether oxygens (including phenoxy) is 1. The largest absolute Gasteiger partial charge is 0.427 e. The number of allylic oxidation sites excluding steroid dienone is 2. The molecule has 1 aromatic rings. The van der Waals surface area contributed by atoms with Gasteiger partial charge in [0.05, 0.1) is 2.74 Å². The predicted molar refractivity (Wildman–Crippen MR) is 161 cm³/mol. The van der Waals surface area contributed by atoms with Gasteiger partial charge in [-0.05, 0) is 105 Å². The molecule has 3 heteroatoms. The molecule has 1 aromatic carbocycles. The van der Waals surface area contributed by atoms with Gasteiger partial charge in [-0.25, -0.2) is 0 Å². The molecule has 0 aliphatic heterocycles. The summed E-state index contributed by atoms with van der Waals surface area (Å²) in [6.45, 7) is 4.20. The summed E-state index contributed by atoms with van der Waals surface area (Å²) in [5.41, 5.74) is 1.22. The van der Waals surface area contributed by atoms with Crippen molar-refractivity contribution in [2.75, 3.05) is 0 Å². The number of rotatable bonds is 16. The Balaban J connectivity index is 1.18. The van der Waals surface area contributed by atoms with E-state index in [2.05, 4.69) is 19.1 Å². The molecule has 0 spiro atoms. The maximum atomic E-state index is 12.9. The quantitative estimate of drug-likeness (QED) is 0.0910. The average molecular weight is 539 g/mol. The van der Waals surface area contributed by atoms with Gasteiger partial charge in [-0.1, -0.05) is 83.4 Å². The van der Waals surface area contributed by atoms with Crippen LogP contribution in [0.2, 0.25) is 0 Å². The summed E-state index contributed by atoms with van der Waals surface area (Å²) in [5.74, 6) is -0.242. The molecule has 3 aliphatic rings. The first kappa shape index (κ1) is 24.9. The van der Waals surface area contributed by atoms with E-state index in [-0.39, 0.29) is 53.8 Å². The molecule has 4 unspecified atom stereocenters. The van der Waals surface area contributed by atoms with Crippen LogP contribution in [0.25, 0.3) is 0 Å². The SMILES string of the molecule is [2H]c1cc2c(c([2H])c1OC(=O)CCCCCCC/C=C/CCCCCCCC)CCC1C2CCC2(C)C(=O)C([2H])([2H])CC12. The van der Waals surface area contributed by atoms with Gasteiger partial charge in [0.1, 0.15) is 11.5 Å². The van der Waals surface area contributed by atoms with E-state index in [1.54, 1.807) is 6.07 Å². The molecular weight excluding hydrogens is 480 g/mol. The van der Waals surface area contributed by atoms with E-state index in [1.165, 1.54) is 51.4 Å². The Morgan fingerprint density at radius 3 is 2.46 bits per heavy atom. The monoisotopic (exact) mass is 538 g/mol. The Kier molecular flexibility index (Phi) is 9.69. The molecule has 0 amide bonds. The minimum Gasteiger partial charge on any atom is -0.427 e. The van der Waals surface area contributed by atoms with E-state index >= 15 is 0 Å². The van der Waals surface area contributed by atoms with Crippen molar-refractivity contribution in [3.63, 3.8) is 0 Å². The lowest BCUT2D eigenvalue weighted by atomic mass is 9.55. The van der Waals surface area contributed by atoms with Crippen molar-refractivity contribution >= 4 is 11.8 Å². The van der Waals surface area contributed by atoms with Gasteiger partial charge >= 0.3 is 5.97 Å². The van der Waals surface area contributed by atoms with Crippen LogP contribution >= 0.6 is 0 Å². The zero-order valence-electron chi connectivity index (χ0n) is 28.6. The summed E-state index contributed by atoms with van der Waals surface area (Å²) in [6, 6.07) is 2.02. The van der Waals surface area contributed by atoms with Crippen molar-refractivity contribution in [1.82, 2.24) is 0 Å². The van der Waals surface area contributed by atoms with Gasteiger partial charge in [-0.2, -0.15) is 0 Å². The van der Waals surface area contributed by atoms with Crippen molar-refractivity contribution in [3.8, 4) is 5.75 Å². The summed E-state index contributed by atoms with van der Waals surface area (Å²) >= 11 is 0. The van der Waals surface area contributed by atoms with Crippen molar-refractivity contribution in [2.24, 2.45) is 17.3 Å². The van der Waals surface area contributed by atoms with Crippen LogP contribution in [0.3, 0.4) is 0 Å². The third-order valence-electron chi connectivity index (χ3n) is 9.79. The highest BCUT2D eigenvalue weighted by molar-refractivity contribution is 5.87. The minimum atomic E-state index is -1.77. The molecule has 2 saturated carbocycles. The second kappa shape index (κ2) is 15.2. The van der Waals surface area contributed by atoms with Crippen molar-refractivity contribution in [1.29, 1.82) is 0 Å². The molecule has 0 saturated heterocycles. The van der Waals surface area contributed by atoms with E-state index in [9.17, 15) is 9.59 Å². The number of hydrogen-bond donors (Lipinski definition) is 0. The minimum absolute atomic E-state index is 0.00542. The first-order chi connectivity index (χ1) is 20.6. The van der Waals surface area contributed by atoms with Gasteiger partial charge in [-0.3, -0.25) is 9.59 Å². The molecule has 2 fully saturated rings. The number of unbranched alkanes of at least 4 members (excludes halogenated alkanes) is 11. The van der Waals surface area contributed by atoms with E-state index in [0.29, 0.717) is 19.3 Å². The molecule has 0 heterocycles. The highest BCUT2D eigenvalue weighted by Gasteiger charge is 2.54. The maximum absolute atomic E-state index is 12.9. The molecule has 0 bridgehead atoms. The molecule has 39 heavy (non-hydrogen) atoms. The summed E-state index contributed by atoms with van der Waals surface area (Å²) in [4.78, 5) is 25.5. The fourth-order valence-corrected chi connectivity index (χ4v) is 7.34. The highest BCUT2D eigenvalue weighted by Crippen LogP contribution is 2.59. The maximum Gasteiger partial charge on any atom is 0.311 e. The molecule has 4 atom stereocenters. The van der Waals surface area contributed by atoms with Crippen LogP contribution in [-0.4, -0.2) is 11.8 Å². The lowest BCUT2D eigenvalue weighted by molar-refractivity contribution is -0.134. The van der Waals surface area contributed by atoms with Crippen molar-refractivity contribution < 1.29 is 19.8 Å². The molecule has 3 nitrogen and oxygen atoms in total. The molecule has 0 aromatic heterocycles. The number of ketones is 1. The Morgan fingerprint density at radius 2 is 1.72 bits per heavy atom. The van der Waals surface area contributed by atoms with Crippen LogP contribution in [0.1, 0.15) is 158 Å². The van der Waals surface area contributed by atoms with Crippen LogP contribution in [-0.2, 0) is 16.0 Å².